The van der Waals surface area contributed by atoms with Crippen LogP contribution in [0.15, 0.2) is 5.38 Å². The molecule has 0 spiro atoms. The van der Waals surface area contributed by atoms with Crippen molar-refractivity contribution in [3.05, 3.63) is 16.1 Å². The maximum atomic E-state index is 6.74. The van der Waals surface area contributed by atoms with E-state index < -0.39 is 0 Å². The SMILES string of the molecule is CC(C)(C)c1csc(C2(N)CCCC(C3CC3)C2)n1. The van der Waals surface area contributed by atoms with Gasteiger partial charge in [0.25, 0.3) is 0 Å². The van der Waals surface area contributed by atoms with E-state index in [4.69, 9.17) is 10.7 Å². The molecule has 2 N–H and O–H groups in total. The van der Waals surface area contributed by atoms with E-state index in [0.717, 1.165) is 24.7 Å². The van der Waals surface area contributed by atoms with E-state index in [9.17, 15) is 0 Å². The normalized spacial score (nSPS) is 32.5. The second-order valence-electron chi connectivity index (χ2n) is 7.64. The summed E-state index contributed by atoms with van der Waals surface area (Å²) in [6, 6.07) is 0. The molecule has 2 saturated carbocycles. The van der Waals surface area contributed by atoms with E-state index in [1.165, 1.54) is 36.4 Å². The predicted octanol–water partition coefficient (Wildman–Crippen LogP) is 4.19. The molecule has 1 aromatic heterocycles. The van der Waals surface area contributed by atoms with Gasteiger partial charge in [0.1, 0.15) is 5.01 Å². The summed E-state index contributed by atoms with van der Waals surface area (Å²) in [5.41, 5.74) is 7.94. The zero-order valence-electron chi connectivity index (χ0n) is 12.4. The first kappa shape index (κ1) is 13.6. The predicted molar refractivity (Wildman–Crippen MR) is 81.4 cm³/mol. The lowest BCUT2D eigenvalue weighted by Crippen LogP contribution is -2.42. The second kappa shape index (κ2) is 4.56. The Morgan fingerprint density at radius 3 is 2.58 bits per heavy atom. The first-order chi connectivity index (χ1) is 8.88. The van der Waals surface area contributed by atoms with Crippen LogP contribution < -0.4 is 5.73 Å². The van der Waals surface area contributed by atoms with Gasteiger partial charge in [0.2, 0.25) is 0 Å². The molecule has 2 unspecified atom stereocenters. The number of aromatic nitrogens is 1. The Hall–Kier alpha value is -0.410. The van der Waals surface area contributed by atoms with Crippen molar-refractivity contribution in [2.75, 3.05) is 0 Å². The molecule has 2 nitrogen and oxygen atoms in total. The first-order valence-electron chi connectivity index (χ1n) is 7.64. The highest BCUT2D eigenvalue weighted by Crippen LogP contribution is 2.49. The molecule has 3 rings (SSSR count). The summed E-state index contributed by atoms with van der Waals surface area (Å²) in [4.78, 5) is 4.88. The van der Waals surface area contributed by atoms with Gasteiger partial charge in [-0.1, -0.05) is 33.6 Å². The summed E-state index contributed by atoms with van der Waals surface area (Å²) < 4.78 is 0. The highest BCUT2D eigenvalue weighted by Gasteiger charge is 2.42. The van der Waals surface area contributed by atoms with Crippen molar-refractivity contribution in [2.45, 2.75) is 70.3 Å². The molecule has 1 aromatic rings. The highest BCUT2D eigenvalue weighted by atomic mass is 32.1. The molecular weight excluding hydrogens is 252 g/mol. The minimum atomic E-state index is -0.139. The molecule has 0 bridgehead atoms. The second-order valence-corrected chi connectivity index (χ2v) is 8.50. The van der Waals surface area contributed by atoms with Gasteiger partial charge >= 0.3 is 0 Å². The Balaban J connectivity index is 1.81. The van der Waals surface area contributed by atoms with Gasteiger partial charge in [-0.15, -0.1) is 11.3 Å². The summed E-state index contributed by atoms with van der Waals surface area (Å²) in [5, 5.41) is 3.40. The quantitative estimate of drug-likeness (QED) is 0.880. The number of nitrogens with two attached hydrogens (primary N) is 1. The average Bonchev–Trinajstić information content (AvgIpc) is 3.03. The lowest BCUT2D eigenvalue weighted by molar-refractivity contribution is 0.206. The van der Waals surface area contributed by atoms with Crippen LogP contribution >= 0.6 is 11.3 Å². The van der Waals surface area contributed by atoms with Gasteiger partial charge in [-0.2, -0.15) is 0 Å². The number of hydrogen-bond acceptors (Lipinski definition) is 3. The van der Waals surface area contributed by atoms with E-state index in [-0.39, 0.29) is 11.0 Å². The highest BCUT2D eigenvalue weighted by molar-refractivity contribution is 7.09. The van der Waals surface area contributed by atoms with Gasteiger partial charge in [0.05, 0.1) is 11.2 Å². The minimum absolute atomic E-state index is 0.135. The molecule has 2 aliphatic rings. The Bertz CT molecular complexity index is 456. The van der Waals surface area contributed by atoms with Crippen LogP contribution in [0.2, 0.25) is 0 Å². The van der Waals surface area contributed by atoms with Crippen LogP contribution in [-0.2, 0) is 11.0 Å². The third kappa shape index (κ3) is 2.73. The van der Waals surface area contributed by atoms with Crippen LogP contribution in [0.5, 0.6) is 0 Å². The molecule has 2 atom stereocenters. The lowest BCUT2D eigenvalue weighted by Gasteiger charge is -2.36. The third-order valence-corrected chi connectivity index (χ3v) is 5.87. The standard InChI is InChI=1S/C16H26N2S/c1-15(2,3)13-10-19-14(18-13)16(17)8-4-5-12(9-16)11-6-7-11/h10-12H,4-9,17H2,1-3H3. The minimum Gasteiger partial charge on any atom is -0.319 e. The van der Waals surface area contributed by atoms with E-state index >= 15 is 0 Å². The Kier molecular flexibility index (Phi) is 3.25. The zero-order valence-corrected chi connectivity index (χ0v) is 13.2. The zero-order chi connectivity index (χ0) is 13.7. The molecule has 19 heavy (non-hydrogen) atoms. The first-order valence-corrected chi connectivity index (χ1v) is 8.52. The van der Waals surface area contributed by atoms with Crippen LogP contribution in [0.25, 0.3) is 0 Å². The molecule has 1 heterocycles. The van der Waals surface area contributed by atoms with Crippen LogP contribution in [0, 0.1) is 11.8 Å². The van der Waals surface area contributed by atoms with Crippen molar-refractivity contribution in [3.63, 3.8) is 0 Å². The van der Waals surface area contributed by atoms with Gasteiger partial charge in [-0.3, -0.25) is 0 Å². The Morgan fingerprint density at radius 2 is 2.00 bits per heavy atom. The van der Waals surface area contributed by atoms with Crippen molar-refractivity contribution in [1.82, 2.24) is 4.98 Å². The molecule has 2 fully saturated rings. The van der Waals surface area contributed by atoms with Crippen LogP contribution in [-0.4, -0.2) is 4.98 Å². The number of thiazole rings is 1. The average molecular weight is 278 g/mol. The monoisotopic (exact) mass is 278 g/mol. The number of hydrogen-bond donors (Lipinski definition) is 1. The maximum absolute atomic E-state index is 6.74. The summed E-state index contributed by atoms with van der Waals surface area (Å²) in [7, 11) is 0. The molecule has 0 aliphatic heterocycles. The molecule has 2 aliphatic carbocycles. The molecule has 3 heteroatoms. The van der Waals surface area contributed by atoms with Crippen molar-refractivity contribution < 1.29 is 0 Å². The molecule has 0 radical (unpaired) electrons. The van der Waals surface area contributed by atoms with Gasteiger partial charge < -0.3 is 5.73 Å². The lowest BCUT2D eigenvalue weighted by atomic mass is 9.74. The summed E-state index contributed by atoms with van der Waals surface area (Å²) in [5.74, 6) is 1.84. The smallest absolute Gasteiger partial charge is 0.113 e. The maximum Gasteiger partial charge on any atom is 0.113 e. The van der Waals surface area contributed by atoms with Gasteiger partial charge in [-0.05, 0) is 37.5 Å². The molecule has 0 amide bonds. The van der Waals surface area contributed by atoms with E-state index in [1.807, 2.05) is 0 Å². The van der Waals surface area contributed by atoms with Gasteiger partial charge in [0, 0.05) is 10.8 Å². The fourth-order valence-corrected chi connectivity index (χ4v) is 4.56. The van der Waals surface area contributed by atoms with E-state index in [2.05, 4.69) is 26.2 Å². The molecule has 0 aromatic carbocycles. The summed E-state index contributed by atoms with van der Waals surface area (Å²) >= 11 is 1.78. The molecule has 0 saturated heterocycles. The fraction of sp³-hybridized carbons (Fsp3) is 0.812. The largest absolute Gasteiger partial charge is 0.319 e. The van der Waals surface area contributed by atoms with Crippen LogP contribution in [0.1, 0.15) is 70.0 Å². The molecular formula is C16H26N2S. The van der Waals surface area contributed by atoms with E-state index in [0.29, 0.717) is 0 Å². The molecule has 106 valence electrons. The van der Waals surface area contributed by atoms with Crippen molar-refractivity contribution >= 4 is 11.3 Å². The summed E-state index contributed by atoms with van der Waals surface area (Å²) in [6.45, 7) is 6.68. The van der Waals surface area contributed by atoms with Gasteiger partial charge in [0.15, 0.2) is 0 Å². The third-order valence-electron chi connectivity index (χ3n) is 4.81. The van der Waals surface area contributed by atoms with Crippen molar-refractivity contribution in [3.8, 4) is 0 Å². The Labute approximate surface area is 120 Å². The number of nitrogens with zero attached hydrogens (tertiary/aromatic N) is 1. The van der Waals surface area contributed by atoms with E-state index in [1.54, 1.807) is 11.3 Å². The van der Waals surface area contributed by atoms with Crippen LogP contribution in [0.4, 0.5) is 0 Å². The summed E-state index contributed by atoms with van der Waals surface area (Å²) in [6.07, 6.45) is 7.82. The topological polar surface area (TPSA) is 38.9 Å². The van der Waals surface area contributed by atoms with Crippen molar-refractivity contribution in [2.24, 2.45) is 17.6 Å². The number of rotatable bonds is 2. The van der Waals surface area contributed by atoms with Gasteiger partial charge in [-0.25, -0.2) is 4.98 Å². The van der Waals surface area contributed by atoms with Crippen LogP contribution in [0.3, 0.4) is 0 Å². The Morgan fingerprint density at radius 1 is 1.26 bits per heavy atom. The fourth-order valence-electron chi connectivity index (χ4n) is 3.36. The van der Waals surface area contributed by atoms with Crippen molar-refractivity contribution in [1.29, 1.82) is 0 Å².